The molecular formula is C22H19N3O2S. The van der Waals surface area contributed by atoms with Crippen LogP contribution in [0.4, 0.5) is 0 Å². The minimum atomic E-state index is -0.465. The van der Waals surface area contributed by atoms with Crippen molar-refractivity contribution in [1.29, 1.82) is 0 Å². The number of carbonyl (C=O) groups is 2. The van der Waals surface area contributed by atoms with Crippen LogP contribution in [0.25, 0.3) is 17.0 Å². The molecule has 1 aliphatic rings. The highest BCUT2D eigenvalue weighted by Crippen LogP contribution is 2.25. The van der Waals surface area contributed by atoms with Crippen LogP contribution in [0.1, 0.15) is 18.1 Å². The van der Waals surface area contributed by atoms with E-state index in [0.29, 0.717) is 6.54 Å². The zero-order valence-corrected chi connectivity index (χ0v) is 16.2. The number of carbonyl (C=O) groups excluding carboxylic acids is 2. The fourth-order valence-corrected chi connectivity index (χ4v) is 3.65. The number of nitrogens with one attached hydrogen (secondary N) is 1. The van der Waals surface area contributed by atoms with Crippen molar-refractivity contribution in [3.63, 3.8) is 0 Å². The second kappa shape index (κ2) is 7.40. The van der Waals surface area contributed by atoms with Gasteiger partial charge in [0.1, 0.15) is 5.57 Å². The monoisotopic (exact) mass is 389 g/mol. The van der Waals surface area contributed by atoms with Crippen LogP contribution in [0.3, 0.4) is 0 Å². The van der Waals surface area contributed by atoms with Gasteiger partial charge in [0.05, 0.1) is 6.54 Å². The molecule has 0 spiro atoms. The minimum Gasteiger partial charge on any atom is -0.347 e. The summed E-state index contributed by atoms with van der Waals surface area (Å²) in [5.41, 5.74) is 2.93. The van der Waals surface area contributed by atoms with Gasteiger partial charge in [-0.05, 0) is 36.8 Å². The molecule has 140 valence electrons. The Bertz CT molecular complexity index is 1120. The van der Waals surface area contributed by atoms with Crippen molar-refractivity contribution >= 4 is 46.1 Å². The first-order valence-electron chi connectivity index (χ1n) is 9.09. The first-order chi connectivity index (χ1) is 13.6. The van der Waals surface area contributed by atoms with Gasteiger partial charge in [-0.15, -0.1) is 0 Å². The first-order valence-corrected chi connectivity index (χ1v) is 9.50. The smallest absolute Gasteiger partial charge is 0.265 e. The Kier molecular flexibility index (Phi) is 4.79. The lowest BCUT2D eigenvalue weighted by Gasteiger charge is -2.29. The molecule has 1 fully saturated rings. The van der Waals surface area contributed by atoms with E-state index in [0.717, 1.165) is 28.6 Å². The molecule has 6 heteroatoms. The highest BCUT2D eigenvalue weighted by Gasteiger charge is 2.33. The fourth-order valence-electron chi connectivity index (χ4n) is 3.41. The lowest BCUT2D eigenvalue weighted by atomic mass is 10.1. The Balaban J connectivity index is 1.73. The van der Waals surface area contributed by atoms with Crippen molar-refractivity contribution in [2.24, 2.45) is 0 Å². The van der Waals surface area contributed by atoms with Gasteiger partial charge < -0.3 is 4.57 Å². The molecular weight excluding hydrogens is 370 g/mol. The van der Waals surface area contributed by atoms with E-state index in [1.165, 1.54) is 4.90 Å². The zero-order chi connectivity index (χ0) is 19.7. The Morgan fingerprint density at radius 2 is 1.75 bits per heavy atom. The Hall–Kier alpha value is -3.25. The largest absolute Gasteiger partial charge is 0.347 e. The first kappa shape index (κ1) is 18.1. The maximum Gasteiger partial charge on any atom is 0.265 e. The summed E-state index contributed by atoms with van der Waals surface area (Å²) in [4.78, 5) is 27.0. The lowest BCUT2D eigenvalue weighted by molar-refractivity contribution is -0.129. The zero-order valence-electron chi connectivity index (χ0n) is 15.4. The van der Waals surface area contributed by atoms with Crippen LogP contribution in [0, 0.1) is 0 Å². The fraction of sp³-hybridized carbons (Fsp3) is 0.136. The summed E-state index contributed by atoms with van der Waals surface area (Å²) >= 11 is 5.24. The number of nitrogens with zero attached hydrogens (tertiary/aromatic N) is 2. The van der Waals surface area contributed by atoms with Crippen LogP contribution in [0.15, 0.2) is 66.4 Å². The quantitative estimate of drug-likeness (QED) is 0.422. The summed E-state index contributed by atoms with van der Waals surface area (Å²) in [6, 6.07) is 17.5. The van der Waals surface area contributed by atoms with Gasteiger partial charge in [0, 0.05) is 29.2 Å². The van der Waals surface area contributed by atoms with Gasteiger partial charge in [0.25, 0.3) is 11.8 Å². The van der Waals surface area contributed by atoms with Crippen molar-refractivity contribution in [2.45, 2.75) is 20.0 Å². The van der Waals surface area contributed by atoms with Crippen LogP contribution in [-0.2, 0) is 22.7 Å². The third-order valence-electron chi connectivity index (χ3n) is 4.83. The lowest BCUT2D eigenvalue weighted by Crippen LogP contribution is -2.53. The van der Waals surface area contributed by atoms with E-state index in [9.17, 15) is 9.59 Å². The number of hydrogen-bond donors (Lipinski definition) is 1. The van der Waals surface area contributed by atoms with Gasteiger partial charge in [-0.25, -0.2) is 0 Å². The van der Waals surface area contributed by atoms with Crippen molar-refractivity contribution in [3.05, 3.63) is 77.5 Å². The van der Waals surface area contributed by atoms with Crippen LogP contribution in [0.5, 0.6) is 0 Å². The average molecular weight is 389 g/mol. The molecule has 4 rings (SSSR count). The maximum atomic E-state index is 13.1. The SMILES string of the molecule is CCn1cc(/C=C2/C(=O)NC(=S)N(Cc3ccccc3)C2=O)c2ccccc21. The van der Waals surface area contributed by atoms with Crippen molar-refractivity contribution in [1.82, 2.24) is 14.8 Å². The predicted octanol–water partition coefficient (Wildman–Crippen LogP) is 3.49. The third kappa shape index (κ3) is 3.23. The molecule has 2 heterocycles. The maximum absolute atomic E-state index is 13.1. The van der Waals surface area contributed by atoms with Crippen LogP contribution >= 0.6 is 12.2 Å². The summed E-state index contributed by atoms with van der Waals surface area (Å²) in [6.07, 6.45) is 3.62. The van der Waals surface area contributed by atoms with Crippen molar-refractivity contribution in [2.75, 3.05) is 0 Å². The number of hydrogen-bond acceptors (Lipinski definition) is 3. The number of aromatic nitrogens is 1. The number of rotatable bonds is 4. The standard InChI is InChI=1S/C22H19N3O2S/c1-2-24-14-16(17-10-6-7-11-19(17)24)12-18-20(26)23-22(28)25(21(18)27)13-15-8-4-3-5-9-15/h3-12,14H,2,13H2,1H3,(H,23,26,28)/b18-12-. The molecule has 28 heavy (non-hydrogen) atoms. The van der Waals surface area contributed by atoms with E-state index in [-0.39, 0.29) is 16.6 Å². The number of benzene rings is 2. The van der Waals surface area contributed by atoms with E-state index < -0.39 is 5.91 Å². The molecule has 0 aliphatic carbocycles. The molecule has 0 radical (unpaired) electrons. The molecule has 0 atom stereocenters. The van der Waals surface area contributed by atoms with Gasteiger partial charge in [-0.2, -0.15) is 0 Å². The number of para-hydroxylation sites is 1. The Labute approximate surface area is 168 Å². The van der Waals surface area contributed by atoms with E-state index in [1.807, 2.05) is 60.8 Å². The second-order valence-electron chi connectivity index (χ2n) is 6.58. The highest BCUT2D eigenvalue weighted by molar-refractivity contribution is 7.80. The van der Waals surface area contributed by atoms with Crippen molar-refractivity contribution in [3.8, 4) is 0 Å². The Morgan fingerprint density at radius 3 is 2.50 bits per heavy atom. The minimum absolute atomic E-state index is 0.0866. The molecule has 5 nitrogen and oxygen atoms in total. The van der Waals surface area contributed by atoms with Crippen molar-refractivity contribution < 1.29 is 9.59 Å². The van der Waals surface area contributed by atoms with E-state index in [4.69, 9.17) is 12.2 Å². The average Bonchev–Trinajstić information content (AvgIpc) is 3.07. The molecule has 0 bridgehead atoms. The number of aryl methyl sites for hydroxylation is 1. The van der Waals surface area contributed by atoms with E-state index >= 15 is 0 Å². The molecule has 0 unspecified atom stereocenters. The predicted molar refractivity (Wildman–Crippen MR) is 113 cm³/mol. The summed E-state index contributed by atoms with van der Waals surface area (Å²) in [7, 11) is 0. The second-order valence-corrected chi connectivity index (χ2v) is 6.97. The summed E-state index contributed by atoms with van der Waals surface area (Å²) in [5, 5.41) is 3.77. The van der Waals surface area contributed by atoms with Crippen LogP contribution in [0.2, 0.25) is 0 Å². The Morgan fingerprint density at radius 1 is 1.04 bits per heavy atom. The number of thiocarbonyl (C=S) groups is 1. The van der Waals surface area contributed by atoms with Crippen LogP contribution < -0.4 is 5.32 Å². The molecule has 1 aliphatic heterocycles. The summed E-state index contributed by atoms with van der Waals surface area (Å²) < 4.78 is 2.10. The molecule has 2 aromatic carbocycles. The number of fused-ring (bicyclic) bond motifs is 1. The normalized spacial score (nSPS) is 16.1. The molecule has 0 saturated carbocycles. The molecule has 1 saturated heterocycles. The topological polar surface area (TPSA) is 54.3 Å². The summed E-state index contributed by atoms with van der Waals surface area (Å²) in [5.74, 6) is -0.849. The van der Waals surface area contributed by atoms with Gasteiger partial charge in [-0.3, -0.25) is 19.8 Å². The molecule has 3 aromatic rings. The molecule has 1 aromatic heterocycles. The highest BCUT2D eigenvalue weighted by atomic mass is 32.1. The number of amides is 2. The van der Waals surface area contributed by atoms with Gasteiger partial charge >= 0.3 is 0 Å². The van der Waals surface area contributed by atoms with E-state index in [2.05, 4.69) is 16.8 Å². The van der Waals surface area contributed by atoms with Gasteiger partial charge in [0.2, 0.25) is 0 Å². The molecule has 1 N–H and O–H groups in total. The van der Waals surface area contributed by atoms with Gasteiger partial charge in [-0.1, -0.05) is 48.5 Å². The van der Waals surface area contributed by atoms with Crippen LogP contribution in [-0.4, -0.2) is 26.4 Å². The van der Waals surface area contributed by atoms with E-state index in [1.54, 1.807) is 6.08 Å². The molecule has 2 amide bonds. The third-order valence-corrected chi connectivity index (χ3v) is 5.15. The van der Waals surface area contributed by atoms with Gasteiger partial charge in [0.15, 0.2) is 5.11 Å². The summed E-state index contributed by atoms with van der Waals surface area (Å²) in [6.45, 7) is 3.17.